The highest BCUT2D eigenvalue weighted by atomic mass is 16.3. The van der Waals surface area contributed by atoms with E-state index in [1.807, 2.05) is 45.0 Å². The van der Waals surface area contributed by atoms with Gasteiger partial charge in [0.25, 0.3) is 0 Å². The molecule has 0 fully saturated rings. The zero-order valence-corrected chi connectivity index (χ0v) is 16.8. The van der Waals surface area contributed by atoms with E-state index in [4.69, 9.17) is 4.42 Å². The van der Waals surface area contributed by atoms with Crippen molar-refractivity contribution in [1.29, 1.82) is 0 Å². The highest BCUT2D eigenvalue weighted by Crippen LogP contribution is 2.27. The molecule has 2 rings (SSSR count). The second-order valence-corrected chi connectivity index (χ2v) is 6.87. The average molecular weight is 373 g/mol. The van der Waals surface area contributed by atoms with E-state index >= 15 is 0 Å². The number of para-hydroxylation sites is 1. The fourth-order valence-corrected chi connectivity index (χ4v) is 2.91. The molecule has 4 N–H and O–H groups in total. The van der Waals surface area contributed by atoms with Crippen LogP contribution in [-0.2, 0) is 5.60 Å². The van der Waals surface area contributed by atoms with Crippen LogP contribution in [0.4, 0.5) is 5.69 Å². The van der Waals surface area contributed by atoms with E-state index < -0.39 is 5.60 Å². The molecule has 2 aromatic rings. The number of anilines is 1. The lowest BCUT2D eigenvalue weighted by Crippen LogP contribution is -2.39. The van der Waals surface area contributed by atoms with Gasteiger partial charge < -0.3 is 25.5 Å². The zero-order chi connectivity index (χ0) is 19.7. The number of hydrogen-bond donors (Lipinski definition) is 4. The smallest absolute Gasteiger partial charge is 0.191 e. The van der Waals surface area contributed by atoms with Crippen molar-refractivity contribution in [2.75, 3.05) is 31.5 Å². The van der Waals surface area contributed by atoms with Gasteiger partial charge in [-0.3, -0.25) is 0 Å². The molecular weight excluding hydrogens is 340 g/mol. The first-order chi connectivity index (χ1) is 12.9. The third kappa shape index (κ3) is 6.64. The van der Waals surface area contributed by atoms with Crippen molar-refractivity contribution in [1.82, 2.24) is 10.6 Å². The molecule has 6 nitrogen and oxygen atoms in total. The number of rotatable bonds is 9. The van der Waals surface area contributed by atoms with Crippen molar-refractivity contribution >= 4 is 11.6 Å². The Labute approximate surface area is 162 Å². The predicted molar refractivity (Wildman–Crippen MR) is 111 cm³/mol. The number of aliphatic imine (C=N–C) groups is 1. The molecule has 0 saturated heterocycles. The summed E-state index contributed by atoms with van der Waals surface area (Å²) in [6.45, 7) is 10.2. The second-order valence-electron chi connectivity index (χ2n) is 6.87. The molecule has 0 aliphatic rings. The predicted octanol–water partition coefficient (Wildman–Crippen LogP) is 3.16. The summed E-state index contributed by atoms with van der Waals surface area (Å²) >= 11 is 0. The van der Waals surface area contributed by atoms with Gasteiger partial charge in [-0.25, -0.2) is 4.99 Å². The van der Waals surface area contributed by atoms with E-state index in [2.05, 4.69) is 33.1 Å². The van der Waals surface area contributed by atoms with Gasteiger partial charge in [0.15, 0.2) is 5.96 Å². The maximum absolute atomic E-state index is 10.8. The van der Waals surface area contributed by atoms with E-state index in [0.29, 0.717) is 5.96 Å². The van der Waals surface area contributed by atoms with E-state index in [-0.39, 0.29) is 6.54 Å². The highest BCUT2D eigenvalue weighted by Gasteiger charge is 2.27. The number of nitrogens with zero attached hydrogens (tertiary/aromatic N) is 1. The standard InChI is InChI=1S/C21H32N4O2/c1-5-22-20(24-13-9-12-23-18-10-7-6-8-11-18)25-15-21(4,26)19-14-16(2)27-17(19)3/h6-8,10-11,14,23,26H,5,9,12-13,15H2,1-4H3,(H2,22,24,25). The van der Waals surface area contributed by atoms with Crippen molar-refractivity contribution in [3.05, 3.63) is 53.5 Å². The molecule has 0 saturated carbocycles. The van der Waals surface area contributed by atoms with Crippen molar-refractivity contribution in [2.24, 2.45) is 4.99 Å². The van der Waals surface area contributed by atoms with Crippen LogP contribution in [0.25, 0.3) is 0 Å². The monoisotopic (exact) mass is 372 g/mol. The Bertz CT molecular complexity index is 723. The van der Waals surface area contributed by atoms with Crippen LogP contribution in [0.2, 0.25) is 0 Å². The molecule has 1 aromatic carbocycles. The molecule has 0 amide bonds. The summed E-state index contributed by atoms with van der Waals surface area (Å²) in [5.41, 5.74) is 0.838. The van der Waals surface area contributed by atoms with Crippen LogP contribution in [0.1, 0.15) is 37.4 Å². The third-order valence-electron chi connectivity index (χ3n) is 4.26. The van der Waals surface area contributed by atoms with Crippen LogP contribution in [-0.4, -0.2) is 37.2 Å². The van der Waals surface area contributed by atoms with Crippen LogP contribution in [0.15, 0.2) is 45.8 Å². The molecule has 1 heterocycles. The summed E-state index contributed by atoms with van der Waals surface area (Å²) < 4.78 is 5.54. The third-order valence-corrected chi connectivity index (χ3v) is 4.26. The minimum atomic E-state index is -1.07. The molecule has 0 spiro atoms. The summed E-state index contributed by atoms with van der Waals surface area (Å²) in [4.78, 5) is 4.55. The minimum absolute atomic E-state index is 0.254. The van der Waals surface area contributed by atoms with Crippen LogP contribution >= 0.6 is 0 Å². The van der Waals surface area contributed by atoms with Gasteiger partial charge in [0.05, 0.1) is 6.54 Å². The van der Waals surface area contributed by atoms with Crippen LogP contribution in [0, 0.1) is 13.8 Å². The largest absolute Gasteiger partial charge is 0.466 e. The van der Waals surface area contributed by atoms with E-state index in [1.54, 1.807) is 6.92 Å². The topological polar surface area (TPSA) is 81.8 Å². The molecule has 0 radical (unpaired) electrons. The summed E-state index contributed by atoms with van der Waals surface area (Å²) in [6, 6.07) is 12.0. The molecule has 0 aliphatic carbocycles. The Morgan fingerprint density at radius 1 is 1.15 bits per heavy atom. The Kier molecular flexibility index (Phi) is 7.73. The van der Waals surface area contributed by atoms with Crippen molar-refractivity contribution in [2.45, 2.75) is 39.7 Å². The van der Waals surface area contributed by atoms with E-state index in [9.17, 15) is 5.11 Å². The first-order valence-electron chi connectivity index (χ1n) is 9.53. The lowest BCUT2D eigenvalue weighted by atomic mass is 9.96. The average Bonchev–Trinajstić information content (AvgIpc) is 2.99. The molecular formula is C21H32N4O2. The van der Waals surface area contributed by atoms with Gasteiger partial charge in [-0.05, 0) is 52.3 Å². The normalized spacial score (nSPS) is 13.9. The number of nitrogens with one attached hydrogen (secondary N) is 3. The molecule has 0 aliphatic heterocycles. The van der Waals surface area contributed by atoms with Gasteiger partial charge in [0.1, 0.15) is 17.1 Å². The molecule has 27 heavy (non-hydrogen) atoms. The lowest BCUT2D eigenvalue weighted by Gasteiger charge is -2.21. The summed E-state index contributed by atoms with van der Waals surface area (Å²) in [5, 5.41) is 20.7. The SMILES string of the molecule is CCNC(=NCC(C)(O)c1cc(C)oc1C)NCCCNc1ccccc1. The first kappa shape index (κ1) is 20.8. The number of aliphatic hydroxyl groups is 1. The first-order valence-corrected chi connectivity index (χ1v) is 9.53. The maximum atomic E-state index is 10.8. The Balaban J connectivity index is 1.83. The van der Waals surface area contributed by atoms with Crippen molar-refractivity contribution < 1.29 is 9.52 Å². The number of guanidine groups is 1. The van der Waals surface area contributed by atoms with Crippen LogP contribution in [0.3, 0.4) is 0 Å². The van der Waals surface area contributed by atoms with Gasteiger partial charge in [0.2, 0.25) is 0 Å². The Morgan fingerprint density at radius 3 is 2.52 bits per heavy atom. The van der Waals surface area contributed by atoms with Gasteiger partial charge in [0, 0.05) is 30.9 Å². The number of hydrogen-bond acceptors (Lipinski definition) is 4. The quantitative estimate of drug-likeness (QED) is 0.309. The van der Waals surface area contributed by atoms with Crippen molar-refractivity contribution in [3.8, 4) is 0 Å². The number of benzene rings is 1. The zero-order valence-electron chi connectivity index (χ0n) is 16.8. The van der Waals surface area contributed by atoms with Gasteiger partial charge >= 0.3 is 0 Å². The van der Waals surface area contributed by atoms with E-state index in [0.717, 1.165) is 48.8 Å². The summed E-state index contributed by atoms with van der Waals surface area (Å²) in [6.07, 6.45) is 0.954. The van der Waals surface area contributed by atoms with E-state index in [1.165, 1.54) is 0 Å². The van der Waals surface area contributed by atoms with Gasteiger partial charge in [-0.15, -0.1) is 0 Å². The summed E-state index contributed by atoms with van der Waals surface area (Å²) in [5.74, 6) is 2.23. The molecule has 148 valence electrons. The van der Waals surface area contributed by atoms with Gasteiger partial charge in [-0.1, -0.05) is 18.2 Å². The summed E-state index contributed by atoms with van der Waals surface area (Å²) in [7, 11) is 0. The number of furan rings is 1. The lowest BCUT2D eigenvalue weighted by molar-refractivity contribution is 0.0657. The Morgan fingerprint density at radius 2 is 1.89 bits per heavy atom. The molecule has 1 aromatic heterocycles. The maximum Gasteiger partial charge on any atom is 0.191 e. The Hall–Kier alpha value is -2.47. The minimum Gasteiger partial charge on any atom is -0.466 e. The fourth-order valence-electron chi connectivity index (χ4n) is 2.91. The second kappa shape index (κ2) is 10.0. The molecule has 1 unspecified atom stereocenters. The van der Waals surface area contributed by atoms with Gasteiger partial charge in [-0.2, -0.15) is 0 Å². The highest BCUT2D eigenvalue weighted by molar-refractivity contribution is 5.79. The molecule has 6 heteroatoms. The van der Waals surface area contributed by atoms with Crippen LogP contribution in [0.5, 0.6) is 0 Å². The molecule has 1 atom stereocenters. The number of aryl methyl sites for hydroxylation is 2. The molecule has 0 bridgehead atoms. The van der Waals surface area contributed by atoms with Crippen molar-refractivity contribution in [3.63, 3.8) is 0 Å². The fraction of sp³-hybridized carbons (Fsp3) is 0.476. The van der Waals surface area contributed by atoms with Crippen LogP contribution < -0.4 is 16.0 Å².